The molecule has 0 aliphatic heterocycles. The van der Waals surface area contributed by atoms with Crippen molar-refractivity contribution < 1.29 is 9.90 Å². The van der Waals surface area contributed by atoms with Gasteiger partial charge in [-0.15, -0.1) is 0 Å². The summed E-state index contributed by atoms with van der Waals surface area (Å²) in [6.45, 7) is 0. The summed E-state index contributed by atoms with van der Waals surface area (Å²) in [5.41, 5.74) is 6.91. The fraction of sp³-hybridized carbons (Fsp3) is 0.0417. The zero-order chi connectivity index (χ0) is 20.8. The van der Waals surface area contributed by atoms with Gasteiger partial charge in [0.15, 0.2) is 5.71 Å². The summed E-state index contributed by atoms with van der Waals surface area (Å²) in [5, 5.41) is 18.4. The van der Waals surface area contributed by atoms with Crippen LogP contribution in [-0.4, -0.2) is 26.6 Å². The van der Waals surface area contributed by atoms with Gasteiger partial charge in [-0.05, 0) is 30.3 Å². The molecule has 0 unspecified atom stereocenters. The Balaban J connectivity index is 1.68. The molecule has 0 spiro atoms. The largest absolute Gasteiger partial charge is 0.477 e. The first-order chi connectivity index (χ1) is 14.7. The predicted octanol–water partition coefficient (Wildman–Crippen LogP) is 4.63. The molecule has 0 bridgehead atoms. The van der Waals surface area contributed by atoms with Crippen LogP contribution in [0.15, 0.2) is 102 Å². The molecule has 0 atom stereocenters. The number of hydrazone groups is 1. The van der Waals surface area contributed by atoms with Crippen molar-refractivity contribution in [1.29, 1.82) is 0 Å². The number of anilines is 1. The number of aromatic nitrogens is 2. The van der Waals surface area contributed by atoms with Gasteiger partial charge in [0.2, 0.25) is 0 Å². The fourth-order valence-corrected chi connectivity index (χ4v) is 3.08. The molecule has 6 heteroatoms. The number of hydrogen-bond donors (Lipinski definition) is 2. The smallest absolute Gasteiger partial charge is 0.352 e. The highest BCUT2D eigenvalue weighted by molar-refractivity contribution is 6.36. The first-order valence-corrected chi connectivity index (χ1v) is 9.51. The van der Waals surface area contributed by atoms with Crippen LogP contribution in [0.3, 0.4) is 0 Å². The fourth-order valence-electron chi connectivity index (χ4n) is 3.08. The van der Waals surface area contributed by atoms with E-state index in [1.54, 1.807) is 0 Å². The number of carboxylic acids is 1. The van der Waals surface area contributed by atoms with Gasteiger partial charge < -0.3 is 5.11 Å². The van der Waals surface area contributed by atoms with Crippen LogP contribution < -0.4 is 5.43 Å². The molecule has 4 aromatic rings. The van der Waals surface area contributed by atoms with Gasteiger partial charge in [-0.3, -0.25) is 5.43 Å². The molecule has 2 N–H and O–H groups in total. The minimum absolute atomic E-state index is 0.0174. The molecule has 30 heavy (non-hydrogen) atoms. The van der Waals surface area contributed by atoms with E-state index in [0.717, 1.165) is 22.6 Å². The third kappa shape index (κ3) is 4.44. The zero-order valence-electron chi connectivity index (χ0n) is 16.1. The van der Waals surface area contributed by atoms with Gasteiger partial charge in [-0.2, -0.15) is 10.2 Å². The molecule has 6 nitrogen and oxygen atoms in total. The lowest BCUT2D eigenvalue weighted by atomic mass is 10.1. The first kappa shape index (κ1) is 19.1. The van der Waals surface area contributed by atoms with E-state index >= 15 is 0 Å². The molecule has 3 aromatic carbocycles. The summed E-state index contributed by atoms with van der Waals surface area (Å²) < 4.78 is 1.83. The van der Waals surface area contributed by atoms with Gasteiger partial charge >= 0.3 is 5.97 Å². The van der Waals surface area contributed by atoms with Crippen LogP contribution in [0.25, 0.3) is 16.9 Å². The summed E-state index contributed by atoms with van der Waals surface area (Å²) >= 11 is 0. The summed E-state index contributed by atoms with van der Waals surface area (Å²) in [7, 11) is 0. The molecule has 1 aromatic heterocycles. The topological polar surface area (TPSA) is 79.5 Å². The lowest BCUT2D eigenvalue weighted by Crippen LogP contribution is -2.18. The van der Waals surface area contributed by atoms with E-state index in [2.05, 4.69) is 15.6 Å². The van der Waals surface area contributed by atoms with E-state index in [4.69, 9.17) is 0 Å². The first-order valence-electron chi connectivity index (χ1n) is 9.51. The Morgan fingerprint density at radius 2 is 1.50 bits per heavy atom. The van der Waals surface area contributed by atoms with Crippen molar-refractivity contribution in [2.24, 2.45) is 5.10 Å². The van der Waals surface area contributed by atoms with E-state index in [1.807, 2.05) is 102 Å². The normalized spacial score (nSPS) is 11.3. The molecular weight excluding hydrogens is 376 g/mol. The van der Waals surface area contributed by atoms with Gasteiger partial charge in [0.1, 0.15) is 0 Å². The Hall–Kier alpha value is -4.19. The number of hydrogen-bond acceptors (Lipinski definition) is 4. The lowest BCUT2D eigenvalue weighted by molar-refractivity contribution is -0.129. The minimum Gasteiger partial charge on any atom is -0.477 e. The average molecular weight is 396 g/mol. The van der Waals surface area contributed by atoms with E-state index in [9.17, 15) is 9.90 Å². The van der Waals surface area contributed by atoms with Crippen molar-refractivity contribution >= 4 is 17.4 Å². The van der Waals surface area contributed by atoms with Crippen LogP contribution in [0.1, 0.15) is 5.69 Å². The molecule has 0 radical (unpaired) electrons. The van der Waals surface area contributed by atoms with Crippen molar-refractivity contribution in [3.8, 4) is 16.9 Å². The highest BCUT2D eigenvalue weighted by atomic mass is 16.4. The molecule has 148 valence electrons. The number of aliphatic carboxylic acids is 1. The van der Waals surface area contributed by atoms with Crippen LogP contribution in [0.2, 0.25) is 0 Å². The van der Waals surface area contributed by atoms with Crippen molar-refractivity contribution in [2.45, 2.75) is 6.42 Å². The van der Waals surface area contributed by atoms with Crippen molar-refractivity contribution in [1.82, 2.24) is 9.78 Å². The summed E-state index contributed by atoms with van der Waals surface area (Å²) in [6, 6.07) is 30.8. The quantitative estimate of drug-likeness (QED) is 0.352. The van der Waals surface area contributed by atoms with Crippen molar-refractivity contribution in [3.63, 3.8) is 0 Å². The molecule has 0 saturated carbocycles. The van der Waals surface area contributed by atoms with Gasteiger partial charge in [0.25, 0.3) is 0 Å². The number of carbonyl (C=O) groups is 1. The maximum atomic E-state index is 11.8. The average Bonchev–Trinajstić information content (AvgIpc) is 3.22. The van der Waals surface area contributed by atoms with E-state index < -0.39 is 5.97 Å². The molecule has 4 rings (SSSR count). The second kappa shape index (κ2) is 8.87. The number of para-hydroxylation sites is 2. The maximum absolute atomic E-state index is 11.8. The van der Waals surface area contributed by atoms with Gasteiger partial charge in [0, 0.05) is 12.0 Å². The minimum atomic E-state index is -1.09. The number of carboxylic acid groups (broad SMARTS) is 1. The number of nitrogens with zero attached hydrogens (tertiary/aromatic N) is 3. The molecule has 0 saturated heterocycles. The molecule has 0 fully saturated rings. The zero-order valence-corrected chi connectivity index (χ0v) is 16.1. The SMILES string of the molecule is O=C(O)C(Cc1cc(-c2ccccc2)n(-c2ccccc2)n1)=NNc1ccccc1. The molecule has 0 aliphatic rings. The standard InChI is InChI=1S/C24H20N4O2/c29-24(30)22(26-25-19-12-6-2-7-13-19)16-20-17-23(18-10-4-1-5-11-18)28(27-20)21-14-8-3-9-15-21/h1-15,17,25H,16H2,(H,29,30). The Morgan fingerprint density at radius 3 is 2.13 bits per heavy atom. The molecule has 0 amide bonds. The van der Waals surface area contributed by atoms with Crippen LogP contribution in [0.4, 0.5) is 5.69 Å². The second-order valence-corrected chi connectivity index (χ2v) is 6.65. The Kier molecular flexibility index (Phi) is 5.66. The second-order valence-electron chi connectivity index (χ2n) is 6.65. The monoisotopic (exact) mass is 396 g/mol. The number of benzene rings is 3. The predicted molar refractivity (Wildman–Crippen MR) is 118 cm³/mol. The summed E-state index contributed by atoms with van der Waals surface area (Å²) in [4.78, 5) is 11.8. The third-order valence-corrected chi connectivity index (χ3v) is 4.52. The number of nitrogens with one attached hydrogen (secondary N) is 1. The van der Waals surface area contributed by atoms with Gasteiger partial charge in [-0.1, -0.05) is 66.7 Å². The van der Waals surface area contributed by atoms with E-state index in [0.29, 0.717) is 5.69 Å². The Morgan fingerprint density at radius 1 is 0.900 bits per heavy atom. The number of rotatable bonds is 7. The van der Waals surface area contributed by atoms with Gasteiger partial charge in [-0.25, -0.2) is 9.48 Å². The van der Waals surface area contributed by atoms with Gasteiger partial charge in [0.05, 0.1) is 22.8 Å². The lowest BCUT2D eigenvalue weighted by Gasteiger charge is -2.07. The highest BCUT2D eigenvalue weighted by Crippen LogP contribution is 2.24. The van der Waals surface area contributed by atoms with Crippen LogP contribution in [0, 0.1) is 0 Å². The van der Waals surface area contributed by atoms with Crippen molar-refractivity contribution in [3.05, 3.63) is 103 Å². The Labute approximate surface area is 174 Å². The molecule has 0 aliphatic carbocycles. The van der Waals surface area contributed by atoms with E-state index in [1.165, 1.54) is 0 Å². The highest BCUT2D eigenvalue weighted by Gasteiger charge is 2.17. The summed E-state index contributed by atoms with van der Waals surface area (Å²) in [5.74, 6) is -1.09. The van der Waals surface area contributed by atoms with Crippen LogP contribution >= 0.6 is 0 Å². The van der Waals surface area contributed by atoms with Crippen LogP contribution in [-0.2, 0) is 11.2 Å². The van der Waals surface area contributed by atoms with Crippen LogP contribution in [0.5, 0.6) is 0 Å². The van der Waals surface area contributed by atoms with Crippen molar-refractivity contribution in [2.75, 3.05) is 5.43 Å². The third-order valence-electron chi connectivity index (χ3n) is 4.52. The van der Waals surface area contributed by atoms with E-state index in [-0.39, 0.29) is 12.1 Å². The molecular formula is C24H20N4O2. The Bertz CT molecular complexity index is 1100. The molecule has 1 heterocycles. The maximum Gasteiger partial charge on any atom is 0.352 e. The summed E-state index contributed by atoms with van der Waals surface area (Å²) in [6.07, 6.45) is 0.0921.